The van der Waals surface area contributed by atoms with Gasteiger partial charge in [-0.15, -0.1) is 0 Å². The van der Waals surface area contributed by atoms with Gasteiger partial charge in [-0.1, -0.05) is 50.8 Å². The fraction of sp³-hybridized carbons (Fsp3) is 0.500. The van der Waals surface area contributed by atoms with Crippen LogP contribution in [0.4, 0.5) is 0 Å². The Hall–Kier alpha value is -1.28. The molecule has 0 N–H and O–H groups in total. The zero-order valence-corrected chi connectivity index (χ0v) is 11.4. The van der Waals surface area contributed by atoms with Gasteiger partial charge >= 0.3 is 0 Å². The Kier molecular flexibility index (Phi) is 4.43. The number of benzene rings is 1. The van der Waals surface area contributed by atoms with E-state index < -0.39 is 0 Å². The molecule has 1 saturated heterocycles. The lowest BCUT2D eigenvalue weighted by atomic mass is 9.96. The number of rotatable bonds is 4. The van der Waals surface area contributed by atoms with E-state index in [1.807, 2.05) is 0 Å². The molecule has 0 spiro atoms. The summed E-state index contributed by atoms with van der Waals surface area (Å²) in [5.41, 5.74) is 2.56. The van der Waals surface area contributed by atoms with Crippen molar-refractivity contribution in [3.8, 4) is 0 Å². The number of nitrogens with zero attached hydrogens (tertiary/aromatic N) is 1. The summed E-state index contributed by atoms with van der Waals surface area (Å²) in [5, 5.41) is 0. The third kappa shape index (κ3) is 2.75. The second-order valence-corrected chi connectivity index (χ2v) is 4.95. The van der Waals surface area contributed by atoms with Crippen molar-refractivity contribution in [3.63, 3.8) is 0 Å². The van der Waals surface area contributed by atoms with Crippen molar-refractivity contribution >= 4 is 0 Å². The minimum atomic E-state index is 0.373. The van der Waals surface area contributed by atoms with Crippen LogP contribution in [0.5, 0.6) is 0 Å². The van der Waals surface area contributed by atoms with E-state index >= 15 is 0 Å². The van der Waals surface area contributed by atoms with E-state index in [9.17, 15) is 0 Å². The summed E-state index contributed by atoms with van der Waals surface area (Å²) in [6.07, 6.45) is 1.11. The monoisotopic (exact) mass is 245 g/mol. The molecule has 0 amide bonds. The first kappa shape index (κ1) is 13.2. The maximum Gasteiger partial charge on any atom is 0.0670 e. The molecular formula is C16H23NO. The van der Waals surface area contributed by atoms with Crippen LogP contribution in [0.1, 0.15) is 31.7 Å². The van der Waals surface area contributed by atoms with Crippen LogP contribution in [0.3, 0.4) is 0 Å². The van der Waals surface area contributed by atoms with Crippen molar-refractivity contribution in [1.29, 1.82) is 0 Å². The Labute approximate surface area is 110 Å². The maximum absolute atomic E-state index is 5.56. The maximum atomic E-state index is 5.56. The van der Waals surface area contributed by atoms with E-state index in [0.29, 0.717) is 12.0 Å². The number of morpholine rings is 1. The highest BCUT2D eigenvalue weighted by Gasteiger charge is 2.25. The standard InChI is InChI=1S/C16H23NO/c1-4-16-12-18-11-10-17(16)14(3)13(2)15-8-6-5-7-9-15/h5-9,13,16H,3-4,10-12H2,1-2H3/t13?,16-/m0/s1. The number of hydrogen-bond donors (Lipinski definition) is 0. The molecule has 0 saturated carbocycles. The summed E-state index contributed by atoms with van der Waals surface area (Å²) in [4.78, 5) is 2.43. The molecule has 1 unspecified atom stereocenters. The van der Waals surface area contributed by atoms with Crippen LogP contribution < -0.4 is 0 Å². The van der Waals surface area contributed by atoms with Gasteiger partial charge in [-0.3, -0.25) is 0 Å². The fourth-order valence-electron chi connectivity index (χ4n) is 2.55. The highest BCUT2D eigenvalue weighted by Crippen LogP contribution is 2.28. The molecule has 1 aromatic rings. The lowest BCUT2D eigenvalue weighted by molar-refractivity contribution is 0.00641. The van der Waals surface area contributed by atoms with Crippen molar-refractivity contribution in [2.75, 3.05) is 19.8 Å². The van der Waals surface area contributed by atoms with Gasteiger partial charge in [-0.25, -0.2) is 0 Å². The van der Waals surface area contributed by atoms with Crippen molar-refractivity contribution in [2.24, 2.45) is 0 Å². The largest absolute Gasteiger partial charge is 0.377 e. The molecule has 1 aliphatic heterocycles. The molecule has 0 aliphatic carbocycles. The van der Waals surface area contributed by atoms with E-state index in [0.717, 1.165) is 26.2 Å². The first-order chi connectivity index (χ1) is 8.74. The molecule has 2 heteroatoms. The third-order valence-corrected chi connectivity index (χ3v) is 3.87. The van der Waals surface area contributed by atoms with Crippen LogP contribution in [0.15, 0.2) is 42.6 Å². The van der Waals surface area contributed by atoms with Gasteiger partial charge in [0.25, 0.3) is 0 Å². The van der Waals surface area contributed by atoms with Gasteiger partial charge in [0.15, 0.2) is 0 Å². The van der Waals surface area contributed by atoms with Gasteiger partial charge in [0.05, 0.1) is 19.3 Å². The van der Waals surface area contributed by atoms with Gasteiger partial charge < -0.3 is 9.64 Å². The number of allylic oxidation sites excluding steroid dienone is 1. The van der Waals surface area contributed by atoms with Gasteiger partial charge in [0.1, 0.15) is 0 Å². The predicted molar refractivity (Wildman–Crippen MR) is 75.6 cm³/mol. The molecule has 2 nitrogen and oxygen atoms in total. The van der Waals surface area contributed by atoms with Gasteiger partial charge in [-0.2, -0.15) is 0 Å². The molecule has 98 valence electrons. The van der Waals surface area contributed by atoms with Crippen LogP contribution >= 0.6 is 0 Å². The second kappa shape index (κ2) is 6.05. The van der Waals surface area contributed by atoms with E-state index in [1.54, 1.807) is 0 Å². The Bertz CT molecular complexity index is 387. The van der Waals surface area contributed by atoms with E-state index in [2.05, 4.69) is 55.7 Å². The third-order valence-electron chi connectivity index (χ3n) is 3.87. The summed E-state index contributed by atoms with van der Waals surface area (Å²) in [7, 11) is 0. The summed E-state index contributed by atoms with van der Waals surface area (Å²) >= 11 is 0. The number of hydrogen-bond acceptors (Lipinski definition) is 2. The van der Waals surface area contributed by atoms with Crippen molar-refractivity contribution in [1.82, 2.24) is 4.90 Å². The Balaban J connectivity index is 2.10. The lowest BCUT2D eigenvalue weighted by Gasteiger charge is -2.40. The zero-order valence-electron chi connectivity index (χ0n) is 11.4. The average molecular weight is 245 g/mol. The van der Waals surface area contributed by atoms with Crippen LogP contribution in [0, 0.1) is 0 Å². The molecule has 1 aliphatic rings. The van der Waals surface area contributed by atoms with Gasteiger partial charge in [0.2, 0.25) is 0 Å². The zero-order chi connectivity index (χ0) is 13.0. The average Bonchev–Trinajstić information content (AvgIpc) is 2.46. The van der Waals surface area contributed by atoms with Crippen LogP contribution in [0.25, 0.3) is 0 Å². The lowest BCUT2D eigenvalue weighted by Crippen LogP contribution is -2.45. The fourth-order valence-corrected chi connectivity index (χ4v) is 2.55. The molecular weight excluding hydrogens is 222 g/mol. The Morgan fingerprint density at radius 1 is 1.44 bits per heavy atom. The van der Waals surface area contributed by atoms with E-state index in [1.165, 1.54) is 11.3 Å². The summed E-state index contributed by atoms with van der Waals surface area (Å²) < 4.78 is 5.56. The van der Waals surface area contributed by atoms with Crippen LogP contribution in [0.2, 0.25) is 0 Å². The van der Waals surface area contributed by atoms with E-state index in [4.69, 9.17) is 4.74 Å². The second-order valence-electron chi connectivity index (χ2n) is 4.95. The summed E-state index contributed by atoms with van der Waals surface area (Å²) in [6.45, 7) is 11.4. The summed E-state index contributed by atoms with van der Waals surface area (Å²) in [5.74, 6) is 0.373. The molecule has 0 bridgehead atoms. The molecule has 1 aromatic carbocycles. The molecule has 2 atom stereocenters. The van der Waals surface area contributed by atoms with Gasteiger partial charge in [-0.05, 0) is 12.0 Å². The topological polar surface area (TPSA) is 12.5 Å². The summed E-state index contributed by atoms with van der Waals surface area (Å²) in [6, 6.07) is 11.1. The highest BCUT2D eigenvalue weighted by atomic mass is 16.5. The Morgan fingerprint density at radius 3 is 2.83 bits per heavy atom. The van der Waals surface area contributed by atoms with Crippen molar-refractivity contribution in [2.45, 2.75) is 32.2 Å². The number of ether oxygens (including phenoxy) is 1. The molecule has 2 rings (SSSR count). The van der Waals surface area contributed by atoms with Gasteiger partial charge in [0, 0.05) is 18.2 Å². The van der Waals surface area contributed by atoms with Crippen molar-refractivity contribution in [3.05, 3.63) is 48.2 Å². The Morgan fingerprint density at radius 2 is 2.17 bits per heavy atom. The molecule has 18 heavy (non-hydrogen) atoms. The normalized spacial score (nSPS) is 21.7. The van der Waals surface area contributed by atoms with E-state index in [-0.39, 0.29) is 0 Å². The SMILES string of the molecule is C=C(C(C)c1ccccc1)N1CCOC[C@@H]1CC. The molecule has 0 aromatic heterocycles. The first-order valence-electron chi connectivity index (χ1n) is 6.82. The minimum absolute atomic E-state index is 0.373. The van der Waals surface area contributed by atoms with Crippen LogP contribution in [-0.2, 0) is 4.74 Å². The molecule has 0 radical (unpaired) electrons. The smallest absolute Gasteiger partial charge is 0.0670 e. The van der Waals surface area contributed by atoms with Crippen LogP contribution in [-0.4, -0.2) is 30.7 Å². The quantitative estimate of drug-likeness (QED) is 0.806. The minimum Gasteiger partial charge on any atom is -0.377 e. The highest BCUT2D eigenvalue weighted by molar-refractivity contribution is 5.26. The van der Waals surface area contributed by atoms with Crippen molar-refractivity contribution < 1.29 is 4.74 Å². The first-order valence-corrected chi connectivity index (χ1v) is 6.82. The molecule has 1 heterocycles. The predicted octanol–water partition coefficient (Wildman–Crippen LogP) is 3.41. The molecule has 1 fully saturated rings.